The molecular formula is C14H16N2O4. The maximum atomic E-state index is 10.5. The second-order valence-electron chi connectivity index (χ2n) is 4.54. The van der Waals surface area contributed by atoms with Crippen molar-refractivity contribution in [2.24, 2.45) is 0 Å². The van der Waals surface area contributed by atoms with E-state index in [1.165, 1.54) is 6.07 Å². The molecule has 0 saturated carbocycles. The van der Waals surface area contributed by atoms with Gasteiger partial charge in [0.05, 0.1) is 18.7 Å². The molecule has 0 aliphatic rings. The molecule has 2 rings (SSSR count). The molecule has 0 bridgehead atoms. The van der Waals surface area contributed by atoms with Gasteiger partial charge in [-0.2, -0.15) is 0 Å². The second-order valence-corrected chi connectivity index (χ2v) is 4.54. The van der Waals surface area contributed by atoms with E-state index in [1.54, 1.807) is 6.07 Å². The molecule has 1 N–H and O–H groups in total. The van der Waals surface area contributed by atoms with Gasteiger partial charge in [0, 0.05) is 5.69 Å². The van der Waals surface area contributed by atoms with E-state index >= 15 is 0 Å². The SMILES string of the molecule is CC(C)Oc1ccc(NCc2ccc([N+](=O)[O-])o2)cc1. The van der Waals surface area contributed by atoms with Crippen LogP contribution >= 0.6 is 0 Å². The van der Waals surface area contributed by atoms with Gasteiger partial charge in [-0.1, -0.05) is 0 Å². The van der Waals surface area contributed by atoms with E-state index < -0.39 is 4.92 Å². The van der Waals surface area contributed by atoms with Crippen LogP contribution in [0.4, 0.5) is 11.6 Å². The summed E-state index contributed by atoms with van der Waals surface area (Å²) in [6.07, 6.45) is 0.137. The van der Waals surface area contributed by atoms with Gasteiger partial charge in [0.2, 0.25) is 0 Å². The van der Waals surface area contributed by atoms with Crippen LogP contribution in [-0.4, -0.2) is 11.0 Å². The summed E-state index contributed by atoms with van der Waals surface area (Å²) in [5, 5.41) is 13.6. The van der Waals surface area contributed by atoms with Crippen LogP contribution in [0.25, 0.3) is 0 Å². The molecule has 2 aromatic rings. The topological polar surface area (TPSA) is 77.5 Å². The van der Waals surface area contributed by atoms with Crippen molar-refractivity contribution in [3.05, 3.63) is 52.3 Å². The van der Waals surface area contributed by atoms with Crippen LogP contribution in [-0.2, 0) is 6.54 Å². The van der Waals surface area contributed by atoms with Crippen molar-refractivity contribution < 1.29 is 14.1 Å². The Kier molecular flexibility index (Phi) is 4.24. The van der Waals surface area contributed by atoms with E-state index in [1.807, 2.05) is 38.1 Å². The number of rotatable bonds is 6. The minimum atomic E-state index is -0.554. The number of benzene rings is 1. The molecule has 0 saturated heterocycles. The monoisotopic (exact) mass is 276 g/mol. The zero-order chi connectivity index (χ0) is 14.5. The van der Waals surface area contributed by atoms with Crippen LogP contribution in [0, 0.1) is 10.1 Å². The van der Waals surface area contributed by atoms with Crippen molar-refractivity contribution in [2.75, 3.05) is 5.32 Å². The molecule has 20 heavy (non-hydrogen) atoms. The van der Waals surface area contributed by atoms with Crippen molar-refractivity contribution >= 4 is 11.6 Å². The fourth-order valence-corrected chi connectivity index (χ4v) is 1.67. The standard InChI is InChI=1S/C14H16N2O4/c1-10(2)19-12-5-3-11(4-6-12)15-9-13-7-8-14(20-13)16(17)18/h3-8,10,15H,9H2,1-2H3. The zero-order valence-electron chi connectivity index (χ0n) is 11.3. The number of hydrogen-bond donors (Lipinski definition) is 1. The van der Waals surface area contributed by atoms with Gasteiger partial charge in [0.15, 0.2) is 0 Å². The Morgan fingerprint density at radius 2 is 1.95 bits per heavy atom. The summed E-state index contributed by atoms with van der Waals surface area (Å²) >= 11 is 0. The summed E-state index contributed by atoms with van der Waals surface area (Å²) in [4.78, 5) is 9.94. The quantitative estimate of drug-likeness (QED) is 0.644. The van der Waals surface area contributed by atoms with E-state index in [-0.39, 0.29) is 12.0 Å². The van der Waals surface area contributed by atoms with Gasteiger partial charge in [-0.15, -0.1) is 0 Å². The molecule has 0 aliphatic heterocycles. The summed E-state index contributed by atoms with van der Waals surface area (Å²) < 4.78 is 10.6. The van der Waals surface area contributed by atoms with Crippen molar-refractivity contribution in [3.63, 3.8) is 0 Å². The number of ether oxygens (including phenoxy) is 1. The molecular weight excluding hydrogens is 260 g/mol. The van der Waals surface area contributed by atoms with Gasteiger partial charge in [0.1, 0.15) is 16.4 Å². The molecule has 0 unspecified atom stereocenters. The summed E-state index contributed by atoms with van der Waals surface area (Å²) in [6.45, 7) is 4.32. The number of anilines is 1. The predicted octanol–water partition coefficient (Wildman–Crippen LogP) is 3.59. The van der Waals surface area contributed by atoms with E-state index in [2.05, 4.69) is 5.32 Å². The molecule has 106 valence electrons. The Morgan fingerprint density at radius 1 is 1.25 bits per heavy atom. The third-order valence-electron chi connectivity index (χ3n) is 2.52. The molecule has 0 aliphatic carbocycles. The van der Waals surface area contributed by atoms with Crippen molar-refractivity contribution in [1.82, 2.24) is 0 Å². The van der Waals surface area contributed by atoms with Crippen LogP contribution in [0.5, 0.6) is 5.75 Å². The normalized spacial score (nSPS) is 10.6. The fraction of sp³-hybridized carbons (Fsp3) is 0.286. The minimum Gasteiger partial charge on any atom is -0.491 e. The number of nitrogens with zero attached hydrogens (tertiary/aromatic N) is 1. The lowest BCUT2D eigenvalue weighted by atomic mass is 10.3. The lowest BCUT2D eigenvalue weighted by Gasteiger charge is -2.10. The molecule has 0 amide bonds. The Balaban J connectivity index is 1.91. The van der Waals surface area contributed by atoms with E-state index in [0.29, 0.717) is 12.3 Å². The summed E-state index contributed by atoms with van der Waals surface area (Å²) in [5.41, 5.74) is 0.889. The van der Waals surface area contributed by atoms with Gasteiger partial charge in [-0.05, 0) is 44.2 Å². The number of nitrogens with one attached hydrogen (secondary N) is 1. The first-order chi connectivity index (χ1) is 9.54. The Bertz CT molecular complexity index is 575. The van der Waals surface area contributed by atoms with Crippen molar-refractivity contribution in [2.45, 2.75) is 26.5 Å². The van der Waals surface area contributed by atoms with Crippen LogP contribution in [0.2, 0.25) is 0 Å². The van der Waals surface area contributed by atoms with Crippen molar-refractivity contribution in [1.29, 1.82) is 0 Å². The maximum absolute atomic E-state index is 10.5. The molecule has 1 aromatic carbocycles. The maximum Gasteiger partial charge on any atom is 0.433 e. The average Bonchev–Trinajstić information content (AvgIpc) is 2.86. The first kappa shape index (κ1) is 13.9. The summed E-state index contributed by atoms with van der Waals surface area (Å²) in [7, 11) is 0. The highest BCUT2D eigenvalue weighted by Gasteiger charge is 2.11. The van der Waals surface area contributed by atoms with E-state index in [9.17, 15) is 10.1 Å². The van der Waals surface area contributed by atoms with Crippen molar-refractivity contribution in [3.8, 4) is 5.75 Å². The van der Waals surface area contributed by atoms with E-state index in [0.717, 1.165) is 11.4 Å². The van der Waals surface area contributed by atoms with Gasteiger partial charge in [-0.3, -0.25) is 10.1 Å². The molecule has 6 heteroatoms. The highest BCUT2D eigenvalue weighted by atomic mass is 16.6. The molecule has 1 aromatic heterocycles. The molecule has 0 radical (unpaired) electrons. The molecule has 6 nitrogen and oxygen atoms in total. The third kappa shape index (κ3) is 3.74. The van der Waals surface area contributed by atoms with Gasteiger partial charge in [-0.25, -0.2) is 0 Å². The van der Waals surface area contributed by atoms with Crippen LogP contribution < -0.4 is 10.1 Å². The van der Waals surface area contributed by atoms with Crippen LogP contribution in [0.3, 0.4) is 0 Å². The number of hydrogen-bond acceptors (Lipinski definition) is 5. The highest BCUT2D eigenvalue weighted by molar-refractivity contribution is 5.46. The van der Waals surface area contributed by atoms with Gasteiger partial charge < -0.3 is 14.5 Å². The molecule has 0 atom stereocenters. The Hall–Kier alpha value is -2.50. The van der Waals surface area contributed by atoms with Crippen LogP contribution in [0.15, 0.2) is 40.8 Å². The fourth-order valence-electron chi connectivity index (χ4n) is 1.67. The minimum absolute atomic E-state index is 0.137. The smallest absolute Gasteiger partial charge is 0.433 e. The lowest BCUT2D eigenvalue weighted by Crippen LogP contribution is -2.05. The van der Waals surface area contributed by atoms with E-state index in [4.69, 9.17) is 9.15 Å². The Labute approximate surface area is 116 Å². The van der Waals surface area contributed by atoms with Gasteiger partial charge in [0.25, 0.3) is 0 Å². The number of furan rings is 1. The van der Waals surface area contributed by atoms with Gasteiger partial charge >= 0.3 is 5.88 Å². The van der Waals surface area contributed by atoms with Crippen LogP contribution in [0.1, 0.15) is 19.6 Å². The molecule has 1 heterocycles. The summed E-state index contributed by atoms with van der Waals surface area (Å²) in [6, 6.07) is 10.4. The largest absolute Gasteiger partial charge is 0.491 e. The molecule has 0 fully saturated rings. The Morgan fingerprint density at radius 3 is 2.50 bits per heavy atom. The number of nitro groups is 1. The lowest BCUT2D eigenvalue weighted by molar-refractivity contribution is -0.402. The average molecular weight is 276 g/mol. The first-order valence-corrected chi connectivity index (χ1v) is 6.28. The zero-order valence-corrected chi connectivity index (χ0v) is 11.3. The second kappa shape index (κ2) is 6.10. The first-order valence-electron chi connectivity index (χ1n) is 6.28. The molecule has 0 spiro atoms. The highest BCUT2D eigenvalue weighted by Crippen LogP contribution is 2.19. The third-order valence-corrected chi connectivity index (χ3v) is 2.52. The predicted molar refractivity (Wildman–Crippen MR) is 74.9 cm³/mol. The summed E-state index contributed by atoms with van der Waals surface area (Å²) in [5.74, 6) is 1.07.